The predicted octanol–water partition coefficient (Wildman–Crippen LogP) is 1.59. The minimum Gasteiger partial charge on any atom is -0.366 e. The highest BCUT2D eigenvalue weighted by atomic mass is 19.1. The number of aryl methyl sites for hydroxylation is 1. The number of amides is 1. The molecule has 1 amide bonds. The van der Waals surface area contributed by atoms with Gasteiger partial charge in [0.05, 0.1) is 12.3 Å². The van der Waals surface area contributed by atoms with Crippen LogP contribution in [0.4, 0.5) is 10.2 Å². The van der Waals surface area contributed by atoms with Crippen LogP contribution in [0.1, 0.15) is 5.69 Å². The second-order valence-corrected chi connectivity index (χ2v) is 5.67. The summed E-state index contributed by atoms with van der Waals surface area (Å²) in [5.74, 6) is -0.129. The molecule has 1 fully saturated rings. The number of ether oxygens (including phenoxy) is 1. The molecule has 1 aliphatic rings. The second kappa shape index (κ2) is 6.47. The maximum Gasteiger partial charge on any atom is 0.256 e. The van der Waals surface area contributed by atoms with E-state index in [4.69, 9.17) is 4.74 Å². The Morgan fingerprint density at radius 1 is 1.43 bits per heavy atom. The molecule has 1 atom stereocenters. The zero-order chi connectivity index (χ0) is 16.4. The number of likely N-dealkylation sites (N-methyl/N-ethyl adjacent to an activating group) is 1. The third-order valence-electron chi connectivity index (χ3n) is 3.75. The predicted molar refractivity (Wildman–Crippen MR) is 84.1 cm³/mol. The summed E-state index contributed by atoms with van der Waals surface area (Å²) in [6, 6.07) is 7.89. The highest BCUT2D eigenvalue weighted by Gasteiger charge is 2.25. The van der Waals surface area contributed by atoms with Gasteiger partial charge in [0.1, 0.15) is 11.9 Å². The van der Waals surface area contributed by atoms with Crippen molar-refractivity contribution in [1.29, 1.82) is 0 Å². The van der Waals surface area contributed by atoms with Crippen LogP contribution < -0.4 is 5.32 Å². The molecule has 1 saturated heterocycles. The number of rotatable bonds is 3. The zero-order valence-electron chi connectivity index (χ0n) is 13.1. The zero-order valence-corrected chi connectivity index (χ0v) is 13.1. The molecule has 1 aromatic carbocycles. The second-order valence-electron chi connectivity index (χ2n) is 5.67. The molecule has 0 radical (unpaired) electrons. The molecule has 2 heterocycles. The third kappa shape index (κ3) is 3.57. The van der Waals surface area contributed by atoms with Gasteiger partial charge in [-0.25, -0.2) is 9.07 Å². The standard InChI is InChI=1S/C16H19FN4O2/c1-11-8-15(18-16(22)14-10-20(2)6-7-23-14)19-21(11)13-5-3-4-12(17)9-13/h3-5,8-9,14H,6-7,10H2,1-2H3,(H,18,19,22). The summed E-state index contributed by atoms with van der Waals surface area (Å²) in [5, 5.41) is 7.09. The normalized spacial score (nSPS) is 18.8. The Balaban J connectivity index is 1.74. The molecule has 6 nitrogen and oxygen atoms in total. The Bertz CT molecular complexity index is 716. The number of carbonyl (C=O) groups is 1. The van der Waals surface area contributed by atoms with E-state index in [0.717, 1.165) is 12.2 Å². The SMILES string of the molecule is Cc1cc(NC(=O)C2CN(C)CCO2)nn1-c1cccc(F)c1. The summed E-state index contributed by atoms with van der Waals surface area (Å²) in [6.45, 7) is 3.75. The molecular weight excluding hydrogens is 299 g/mol. The molecule has 1 aromatic heterocycles. The van der Waals surface area contributed by atoms with Crippen LogP contribution in [-0.2, 0) is 9.53 Å². The Kier molecular flexibility index (Phi) is 4.40. The quantitative estimate of drug-likeness (QED) is 0.934. The number of nitrogens with zero attached hydrogens (tertiary/aromatic N) is 3. The van der Waals surface area contributed by atoms with Gasteiger partial charge in [-0.3, -0.25) is 4.79 Å². The summed E-state index contributed by atoms with van der Waals surface area (Å²) in [4.78, 5) is 14.3. The Labute approximate surface area is 133 Å². The third-order valence-corrected chi connectivity index (χ3v) is 3.75. The van der Waals surface area contributed by atoms with Crippen molar-refractivity contribution in [3.05, 3.63) is 41.8 Å². The number of morpholine rings is 1. The van der Waals surface area contributed by atoms with Gasteiger partial charge in [0, 0.05) is 24.8 Å². The van der Waals surface area contributed by atoms with Gasteiger partial charge in [0.25, 0.3) is 5.91 Å². The highest BCUT2D eigenvalue weighted by molar-refractivity contribution is 5.93. The topological polar surface area (TPSA) is 59.4 Å². The highest BCUT2D eigenvalue weighted by Crippen LogP contribution is 2.16. The molecule has 23 heavy (non-hydrogen) atoms. The van der Waals surface area contributed by atoms with Crippen molar-refractivity contribution >= 4 is 11.7 Å². The molecular formula is C16H19FN4O2. The van der Waals surface area contributed by atoms with Crippen molar-refractivity contribution < 1.29 is 13.9 Å². The lowest BCUT2D eigenvalue weighted by atomic mass is 10.2. The molecule has 3 rings (SSSR count). The van der Waals surface area contributed by atoms with E-state index >= 15 is 0 Å². The summed E-state index contributed by atoms with van der Waals surface area (Å²) in [6.07, 6.45) is -0.506. The van der Waals surface area contributed by atoms with Gasteiger partial charge < -0.3 is 15.0 Å². The first-order valence-electron chi connectivity index (χ1n) is 7.46. The van der Waals surface area contributed by atoms with E-state index in [1.807, 2.05) is 18.9 Å². The smallest absolute Gasteiger partial charge is 0.256 e. The van der Waals surface area contributed by atoms with Gasteiger partial charge in [-0.15, -0.1) is 5.10 Å². The summed E-state index contributed by atoms with van der Waals surface area (Å²) < 4.78 is 20.4. The number of halogens is 1. The minimum atomic E-state index is -0.506. The molecule has 122 valence electrons. The van der Waals surface area contributed by atoms with E-state index < -0.39 is 6.10 Å². The van der Waals surface area contributed by atoms with Gasteiger partial charge in [-0.1, -0.05) is 6.07 Å². The van der Waals surface area contributed by atoms with Gasteiger partial charge in [-0.2, -0.15) is 0 Å². The maximum atomic E-state index is 13.3. The van der Waals surface area contributed by atoms with Crippen molar-refractivity contribution in [3.8, 4) is 5.69 Å². The fourth-order valence-corrected chi connectivity index (χ4v) is 2.55. The number of nitrogens with one attached hydrogen (secondary N) is 1. The van der Waals surface area contributed by atoms with Crippen molar-refractivity contribution in [3.63, 3.8) is 0 Å². The monoisotopic (exact) mass is 318 g/mol. The number of benzene rings is 1. The molecule has 2 aromatic rings. The van der Waals surface area contributed by atoms with Crippen LogP contribution in [0.15, 0.2) is 30.3 Å². The molecule has 0 bridgehead atoms. The lowest BCUT2D eigenvalue weighted by Crippen LogP contribution is -2.46. The van der Waals surface area contributed by atoms with Crippen molar-refractivity contribution in [1.82, 2.24) is 14.7 Å². The van der Waals surface area contributed by atoms with Crippen molar-refractivity contribution in [2.24, 2.45) is 0 Å². The Hall–Kier alpha value is -2.25. The number of hydrogen-bond donors (Lipinski definition) is 1. The number of hydrogen-bond acceptors (Lipinski definition) is 4. The average Bonchev–Trinajstić information content (AvgIpc) is 2.88. The van der Waals surface area contributed by atoms with Crippen LogP contribution in [0.25, 0.3) is 5.69 Å². The number of carbonyl (C=O) groups excluding carboxylic acids is 1. The summed E-state index contributed by atoms with van der Waals surface area (Å²) in [7, 11) is 1.95. The number of aromatic nitrogens is 2. The van der Waals surface area contributed by atoms with E-state index in [1.165, 1.54) is 12.1 Å². The minimum absolute atomic E-state index is 0.222. The van der Waals surface area contributed by atoms with E-state index in [-0.39, 0.29) is 11.7 Å². The van der Waals surface area contributed by atoms with Gasteiger partial charge >= 0.3 is 0 Å². The van der Waals surface area contributed by atoms with Crippen LogP contribution in [-0.4, -0.2) is 53.4 Å². The fourth-order valence-electron chi connectivity index (χ4n) is 2.55. The maximum absolute atomic E-state index is 13.3. The summed E-state index contributed by atoms with van der Waals surface area (Å²) in [5.41, 5.74) is 1.41. The molecule has 1 aliphatic heterocycles. The van der Waals surface area contributed by atoms with Crippen LogP contribution in [0, 0.1) is 12.7 Å². The van der Waals surface area contributed by atoms with Gasteiger partial charge in [0.15, 0.2) is 5.82 Å². The van der Waals surface area contributed by atoms with E-state index in [9.17, 15) is 9.18 Å². The Morgan fingerprint density at radius 2 is 2.26 bits per heavy atom. The first kappa shape index (κ1) is 15.6. The van der Waals surface area contributed by atoms with Crippen LogP contribution in [0.3, 0.4) is 0 Å². The first-order chi connectivity index (χ1) is 11.0. The Morgan fingerprint density at radius 3 is 3.00 bits per heavy atom. The van der Waals surface area contributed by atoms with E-state index in [0.29, 0.717) is 24.7 Å². The van der Waals surface area contributed by atoms with Crippen LogP contribution in [0.5, 0.6) is 0 Å². The first-order valence-corrected chi connectivity index (χ1v) is 7.46. The summed E-state index contributed by atoms with van der Waals surface area (Å²) >= 11 is 0. The lowest BCUT2D eigenvalue weighted by molar-refractivity contribution is -0.132. The lowest BCUT2D eigenvalue weighted by Gasteiger charge is -2.28. The fraction of sp³-hybridized carbons (Fsp3) is 0.375. The average molecular weight is 318 g/mol. The van der Waals surface area contributed by atoms with Crippen LogP contribution in [0.2, 0.25) is 0 Å². The molecule has 0 aliphatic carbocycles. The van der Waals surface area contributed by atoms with Crippen LogP contribution >= 0.6 is 0 Å². The molecule has 7 heteroatoms. The van der Waals surface area contributed by atoms with E-state index in [2.05, 4.69) is 10.4 Å². The largest absolute Gasteiger partial charge is 0.366 e. The molecule has 0 spiro atoms. The van der Waals surface area contributed by atoms with E-state index in [1.54, 1.807) is 22.9 Å². The van der Waals surface area contributed by atoms with Crippen molar-refractivity contribution in [2.75, 3.05) is 32.1 Å². The van der Waals surface area contributed by atoms with Gasteiger partial charge in [-0.05, 0) is 32.2 Å². The molecule has 1 N–H and O–H groups in total. The molecule has 0 saturated carbocycles. The number of anilines is 1. The molecule has 1 unspecified atom stereocenters. The van der Waals surface area contributed by atoms with Crippen molar-refractivity contribution in [2.45, 2.75) is 13.0 Å². The van der Waals surface area contributed by atoms with Gasteiger partial charge in [0.2, 0.25) is 0 Å².